The lowest BCUT2D eigenvalue weighted by Crippen LogP contribution is -2.39. The van der Waals surface area contributed by atoms with Gasteiger partial charge in [0.15, 0.2) is 4.80 Å². The molecule has 0 saturated carbocycles. The molecule has 200 valence electrons. The van der Waals surface area contributed by atoms with Crippen LogP contribution in [0.25, 0.3) is 6.08 Å². The number of nitriles is 1. The van der Waals surface area contributed by atoms with Gasteiger partial charge in [0, 0.05) is 5.56 Å². The molecular weight excluding hydrogens is 529 g/mol. The van der Waals surface area contributed by atoms with Gasteiger partial charge in [-0.3, -0.25) is 9.36 Å². The van der Waals surface area contributed by atoms with Crippen LogP contribution in [0.4, 0.5) is 4.39 Å². The minimum atomic E-state index is -0.819. The molecular formula is C31H24FN3O4S. The van der Waals surface area contributed by atoms with Crippen LogP contribution in [0.3, 0.4) is 0 Å². The van der Waals surface area contributed by atoms with E-state index in [1.807, 2.05) is 36.4 Å². The van der Waals surface area contributed by atoms with E-state index in [1.165, 1.54) is 28.0 Å². The first kappa shape index (κ1) is 26.8. The molecule has 4 aromatic rings. The van der Waals surface area contributed by atoms with E-state index in [2.05, 4.69) is 11.1 Å². The van der Waals surface area contributed by atoms with Gasteiger partial charge in [0.1, 0.15) is 18.2 Å². The highest BCUT2D eigenvalue weighted by Gasteiger charge is 2.33. The fourth-order valence-electron chi connectivity index (χ4n) is 4.46. The quantitative estimate of drug-likeness (QED) is 0.317. The van der Waals surface area contributed by atoms with Gasteiger partial charge in [0.05, 0.1) is 40.1 Å². The SMILES string of the molecule is CCOC(=O)C1=C(C)N=c2s/c(=C\c3ccccc3OCc3ccc(C#N)cc3)c(=O)n2[C@H]1c1ccc(F)cc1. The van der Waals surface area contributed by atoms with E-state index in [-0.39, 0.29) is 24.3 Å². The zero-order chi connectivity index (χ0) is 28.2. The smallest absolute Gasteiger partial charge is 0.338 e. The molecule has 1 aliphatic heterocycles. The van der Waals surface area contributed by atoms with E-state index < -0.39 is 17.8 Å². The zero-order valence-corrected chi connectivity index (χ0v) is 22.6. The van der Waals surface area contributed by atoms with E-state index in [0.717, 1.165) is 5.56 Å². The first-order valence-electron chi connectivity index (χ1n) is 12.6. The van der Waals surface area contributed by atoms with E-state index in [0.29, 0.717) is 37.5 Å². The minimum Gasteiger partial charge on any atom is -0.488 e. The Kier molecular flexibility index (Phi) is 7.71. The van der Waals surface area contributed by atoms with Crippen molar-refractivity contribution in [2.45, 2.75) is 26.5 Å². The number of benzene rings is 3. The van der Waals surface area contributed by atoms with Gasteiger partial charge >= 0.3 is 5.97 Å². The van der Waals surface area contributed by atoms with Crippen molar-refractivity contribution in [3.63, 3.8) is 0 Å². The molecule has 0 unspecified atom stereocenters. The molecule has 2 heterocycles. The minimum absolute atomic E-state index is 0.162. The Morgan fingerprint density at radius 3 is 2.55 bits per heavy atom. The van der Waals surface area contributed by atoms with Crippen molar-refractivity contribution >= 4 is 23.4 Å². The Hall–Kier alpha value is -4.81. The highest BCUT2D eigenvalue weighted by Crippen LogP contribution is 2.31. The van der Waals surface area contributed by atoms with Gasteiger partial charge in [-0.2, -0.15) is 5.26 Å². The number of carbonyl (C=O) groups excluding carboxylic acids is 1. The first-order chi connectivity index (χ1) is 19.4. The van der Waals surface area contributed by atoms with Crippen LogP contribution in [0.5, 0.6) is 5.75 Å². The predicted octanol–water partition coefficient (Wildman–Crippen LogP) is 4.39. The number of hydrogen-bond acceptors (Lipinski definition) is 7. The third kappa shape index (κ3) is 5.35. The summed E-state index contributed by atoms with van der Waals surface area (Å²) in [6, 6.07) is 21.5. The van der Waals surface area contributed by atoms with Crippen LogP contribution in [-0.4, -0.2) is 17.1 Å². The number of ether oxygens (including phenoxy) is 2. The molecule has 40 heavy (non-hydrogen) atoms. The van der Waals surface area contributed by atoms with Crippen LogP contribution in [0, 0.1) is 17.1 Å². The number of halogens is 1. The van der Waals surface area contributed by atoms with Crippen molar-refractivity contribution in [1.82, 2.24) is 4.57 Å². The molecule has 0 spiro atoms. The summed E-state index contributed by atoms with van der Waals surface area (Å²) >= 11 is 1.20. The van der Waals surface area contributed by atoms with Crippen molar-refractivity contribution in [3.05, 3.63) is 132 Å². The van der Waals surface area contributed by atoms with Crippen molar-refractivity contribution in [1.29, 1.82) is 5.26 Å². The van der Waals surface area contributed by atoms with Gasteiger partial charge in [0.25, 0.3) is 5.56 Å². The number of esters is 1. The monoisotopic (exact) mass is 553 g/mol. The number of fused-ring (bicyclic) bond motifs is 1. The number of carbonyl (C=O) groups is 1. The molecule has 0 saturated heterocycles. The highest BCUT2D eigenvalue weighted by atomic mass is 32.1. The molecule has 1 aliphatic rings. The Morgan fingerprint density at radius 2 is 1.85 bits per heavy atom. The fraction of sp³-hybridized carbons (Fsp3) is 0.161. The van der Waals surface area contributed by atoms with Gasteiger partial charge in [0.2, 0.25) is 0 Å². The normalized spacial score (nSPS) is 14.8. The van der Waals surface area contributed by atoms with Crippen LogP contribution in [-0.2, 0) is 16.1 Å². The second kappa shape index (κ2) is 11.5. The molecule has 5 rings (SSSR count). The lowest BCUT2D eigenvalue weighted by Gasteiger charge is -2.24. The Labute approximate surface area is 233 Å². The number of thiazole rings is 1. The number of hydrogen-bond donors (Lipinski definition) is 0. The van der Waals surface area contributed by atoms with E-state index in [9.17, 15) is 14.0 Å². The second-order valence-electron chi connectivity index (χ2n) is 8.99. The topological polar surface area (TPSA) is 93.7 Å². The van der Waals surface area contributed by atoms with Crippen LogP contribution >= 0.6 is 11.3 Å². The average Bonchev–Trinajstić information content (AvgIpc) is 3.26. The molecule has 0 aliphatic carbocycles. The van der Waals surface area contributed by atoms with Gasteiger partial charge in [-0.05, 0) is 61.4 Å². The maximum Gasteiger partial charge on any atom is 0.338 e. The predicted molar refractivity (Wildman–Crippen MR) is 149 cm³/mol. The number of nitrogens with zero attached hydrogens (tertiary/aromatic N) is 3. The standard InChI is InChI=1S/C31H24FN3O4S/c1-3-38-30(37)27-19(2)34-31-35(28(27)22-12-14-24(32)15-13-22)29(36)26(40-31)16-23-6-4-5-7-25(23)39-18-21-10-8-20(17-33)9-11-21/h4-16,28H,3,18H2,1-2H3/b26-16-/t28-/m0/s1. The molecule has 9 heteroatoms. The lowest BCUT2D eigenvalue weighted by molar-refractivity contribution is -0.139. The first-order valence-corrected chi connectivity index (χ1v) is 13.4. The maximum absolute atomic E-state index is 13.8. The highest BCUT2D eigenvalue weighted by molar-refractivity contribution is 7.07. The molecule has 0 radical (unpaired) electrons. The molecule has 3 aromatic carbocycles. The van der Waals surface area contributed by atoms with E-state index in [4.69, 9.17) is 14.7 Å². The van der Waals surface area contributed by atoms with Crippen molar-refractivity contribution in [2.75, 3.05) is 6.61 Å². The van der Waals surface area contributed by atoms with Crippen LogP contribution < -0.4 is 19.6 Å². The summed E-state index contributed by atoms with van der Waals surface area (Å²) in [6.07, 6.45) is 1.74. The molecule has 1 aromatic heterocycles. The number of rotatable bonds is 7. The van der Waals surface area contributed by atoms with Gasteiger partial charge in [-0.1, -0.05) is 53.8 Å². The maximum atomic E-state index is 13.8. The summed E-state index contributed by atoms with van der Waals surface area (Å²) in [6.45, 7) is 3.85. The van der Waals surface area contributed by atoms with Crippen LogP contribution in [0.2, 0.25) is 0 Å². The number of aromatic nitrogens is 1. The number of allylic oxidation sites excluding steroid dienone is 1. The summed E-state index contributed by atoms with van der Waals surface area (Å²) in [5.41, 5.74) is 3.06. The Bertz CT molecular complexity index is 1830. The fourth-order valence-corrected chi connectivity index (χ4v) is 5.50. The summed E-state index contributed by atoms with van der Waals surface area (Å²) in [5.74, 6) is -0.419. The van der Waals surface area contributed by atoms with E-state index in [1.54, 1.807) is 44.2 Å². The van der Waals surface area contributed by atoms with E-state index >= 15 is 0 Å². The molecule has 0 N–H and O–H groups in total. The molecule has 7 nitrogen and oxygen atoms in total. The van der Waals surface area contributed by atoms with Gasteiger partial charge < -0.3 is 9.47 Å². The summed E-state index contributed by atoms with van der Waals surface area (Å²) in [5, 5.41) is 9.01. The summed E-state index contributed by atoms with van der Waals surface area (Å²) in [7, 11) is 0. The van der Waals surface area contributed by atoms with Crippen molar-refractivity contribution < 1.29 is 18.7 Å². The lowest BCUT2D eigenvalue weighted by atomic mass is 9.96. The largest absolute Gasteiger partial charge is 0.488 e. The van der Waals surface area contributed by atoms with Crippen LogP contribution in [0.15, 0.2) is 93.9 Å². The Balaban J connectivity index is 1.57. The van der Waals surface area contributed by atoms with Gasteiger partial charge in [-0.15, -0.1) is 0 Å². The zero-order valence-electron chi connectivity index (χ0n) is 21.8. The third-order valence-corrected chi connectivity index (χ3v) is 7.37. The second-order valence-corrected chi connectivity index (χ2v) is 10.00. The third-order valence-electron chi connectivity index (χ3n) is 6.39. The average molecular weight is 554 g/mol. The van der Waals surface area contributed by atoms with Gasteiger partial charge in [-0.25, -0.2) is 14.2 Å². The molecule has 0 fully saturated rings. The Morgan fingerprint density at radius 1 is 1.12 bits per heavy atom. The molecule has 0 bridgehead atoms. The summed E-state index contributed by atoms with van der Waals surface area (Å²) in [4.78, 5) is 31.8. The van der Waals surface area contributed by atoms with Crippen molar-refractivity contribution in [3.8, 4) is 11.8 Å². The summed E-state index contributed by atoms with van der Waals surface area (Å²) < 4.78 is 27.0. The van der Waals surface area contributed by atoms with Crippen molar-refractivity contribution in [2.24, 2.45) is 4.99 Å². The number of para-hydroxylation sites is 1. The molecule has 0 amide bonds. The van der Waals surface area contributed by atoms with Crippen LogP contribution in [0.1, 0.15) is 42.1 Å². The molecule has 1 atom stereocenters.